The SMILES string of the molecule is CCN(CC)C(=O)CSC(C)(C)[C@H](N)C(=O)O. The normalized spacial score (nSPS) is 13.2. The van der Waals surface area contributed by atoms with Crippen molar-refractivity contribution in [3.63, 3.8) is 0 Å². The number of hydrogen-bond donors (Lipinski definition) is 2. The fourth-order valence-corrected chi connectivity index (χ4v) is 2.26. The molecular formula is C11H22N2O3S. The molecule has 0 rings (SSSR count). The number of nitrogens with zero attached hydrogens (tertiary/aromatic N) is 1. The summed E-state index contributed by atoms with van der Waals surface area (Å²) in [5.41, 5.74) is 5.58. The number of carbonyl (C=O) groups excluding carboxylic acids is 1. The van der Waals surface area contributed by atoms with E-state index in [1.54, 1.807) is 18.7 Å². The molecule has 0 fully saturated rings. The van der Waals surface area contributed by atoms with Gasteiger partial charge in [0.25, 0.3) is 0 Å². The Bertz CT molecular complexity index is 278. The van der Waals surface area contributed by atoms with Crippen LogP contribution in [-0.4, -0.2) is 51.5 Å². The molecule has 3 N–H and O–H groups in total. The minimum atomic E-state index is -1.04. The predicted octanol–water partition coefficient (Wildman–Crippen LogP) is 0.778. The highest BCUT2D eigenvalue weighted by Crippen LogP contribution is 2.27. The zero-order valence-corrected chi connectivity index (χ0v) is 11.7. The van der Waals surface area contributed by atoms with Gasteiger partial charge in [-0.05, 0) is 27.7 Å². The first-order valence-electron chi connectivity index (χ1n) is 5.66. The number of carboxylic acid groups (broad SMARTS) is 1. The van der Waals surface area contributed by atoms with Gasteiger partial charge in [0.2, 0.25) is 5.91 Å². The fraction of sp³-hybridized carbons (Fsp3) is 0.818. The van der Waals surface area contributed by atoms with Crippen molar-refractivity contribution < 1.29 is 14.7 Å². The van der Waals surface area contributed by atoms with Crippen molar-refractivity contribution in [2.75, 3.05) is 18.8 Å². The van der Waals surface area contributed by atoms with Crippen molar-refractivity contribution >= 4 is 23.6 Å². The second-order valence-electron chi connectivity index (χ2n) is 4.27. The van der Waals surface area contributed by atoms with E-state index in [1.807, 2.05) is 13.8 Å². The van der Waals surface area contributed by atoms with Crippen LogP contribution in [-0.2, 0) is 9.59 Å². The van der Waals surface area contributed by atoms with Gasteiger partial charge < -0.3 is 15.7 Å². The molecule has 0 heterocycles. The van der Waals surface area contributed by atoms with Crippen molar-refractivity contribution in [3.05, 3.63) is 0 Å². The standard InChI is InChI=1S/C11H22N2O3S/c1-5-13(6-2)8(14)7-17-11(3,4)9(12)10(15)16/h9H,5-7,12H2,1-4H3,(H,15,16)/t9-/m1/s1. The van der Waals surface area contributed by atoms with Crippen LogP contribution in [0.2, 0.25) is 0 Å². The monoisotopic (exact) mass is 262 g/mol. The number of carbonyl (C=O) groups is 2. The van der Waals surface area contributed by atoms with Gasteiger partial charge in [0.05, 0.1) is 5.75 Å². The van der Waals surface area contributed by atoms with Gasteiger partial charge in [-0.2, -0.15) is 0 Å². The smallest absolute Gasteiger partial charge is 0.321 e. The van der Waals surface area contributed by atoms with Crippen LogP contribution in [0.5, 0.6) is 0 Å². The maximum absolute atomic E-state index is 11.8. The maximum atomic E-state index is 11.8. The molecule has 6 heteroatoms. The number of rotatable bonds is 7. The van der Waals surface area contributed by atoms with Crippen molar-refractivity contribution in [2.45, 2.75) is 38.5 Å². The lowest BCUT2D eigenvalue weighted by Gasteiger charge is -2.29. The summed E-state index contributed by atoms with van der Waals surface area (Å²) in [6.07, 6.45) is 0. The lowest BCUT2D eigenvalue weighted by atomic mass is 10.1. The average molecular weight is 262 g/mol. The van der Waals surface area contributed by atoms with Crippen molar-refractivity contribution in [1.29, 1.82) is 0 Å². The summed E-state index contributed by atoms with van der Waals surface area (Å²) in [6, 6.07) is -0.975. The molecule has 0 aromatic rings. The van der Waals surface area contributed by atoms with Crippen LogP contribution in [0, 0.1) is 0 Å². The Morgan fingerprint density at radius 2 is 1.82 bits per heavy atom. The molecule has 0 aliphatic rings. The molecule has 1 atom stereocenters. The topological polar surface area (TPSA) is 83.6 Å². The van der Waals surface area contributed by atoms with Crippen LogP contribution in [0.3, 0.4) is 0 Å². The number of carboxylic acids is 1. The second-order valence-corrected chi connectivity index (χ2v) is 5.90. The third-order valence-corrected chi connectivity index (χ3v) is 4.09. The van der Waals surface area contributed by atoms with Gasteiger partial charge in [-0.1, -0.05) is 0 Å². The van der Waals surface area contributed by atoms with Crippen LogP contribution in [0.1, 0.15) is 27.7 Å². The molecule has 0 aromatic carbocycles. The third kappa shape index (κ3) is 4.95. The summed E-state index contributed by atoms with van der Waals surface area (Å²) in [7, 11) is 0. The van der Waals surface area contributed by atoms with Crippen molar-refractivity contribution in [2.24, 2.45) is 5.73 Å². The Balaban J connectivity index is 4.36. The van der Waals surface area contributed by atoms with E-state index >= 15 is 0 Å². The molecule has 0 saturated carbocycles. The van der Waals surface area contributed by atoms with Gasteiger partial charge in [-0.15, -0.1) is 11.8 Å². The van der Waals surface area contributed by atoms with Crippen LogP contribution >= 0.6 is 11.8 Å². The maximum Gasteiger partial charge on any atom is 0.321 e. The Labute approximate surface area is 107 Å². The van der Waals surface area contributed by atoms with E-state index in [2.05, 4.69) is 0 Å². The van der Waals surface area contributed by atoms with E-state index < -0.39 is 16.8 Å². The highest BCUT2D eigenvalue weighted by molar-refractivity contribution is 8.01. The molecule has 0 radical (unpaired) electrons. The summed E-state index contributed by atoms with van der Waals surface area (Å²) in [4.78, 5) is 24.3. The summed E-state index contributed by atoms with van der Waals surface area (Å²) in [6.45, 7) is 8.65. The third-order valence-electron chi connectivity index (χ3n) is 2.70. The van der Waals surface area contributed by atoms with Gasteiger partial charge >= 0.3 is 5.97 Å². The largest absolute Gasteiger partial charge is 0.480 e. The second kappa shape index (κ2) is 6.86. The van der Waals surface area contributed by atoms with Gasteiger partial charge in [-0.3, -0.25) is 9.59 Å². The van der Waals surface area contributed by atoms with Crippen LogP contribution < -0.4 is 5.73 Å². The van der Waals surface area contributed by atoms with Crippen LogP contribution in [0.15, 0.2) is 0 Å². The Kier molecular flexibility index (Phi) is 6.56. The van der Waals surface area contributed by atoms with Gasteiger partial charge in [-0.25, -0.2) is 0 Å². The summed E-state index contributed by atoms with van der Waals surface area (Å²) < 4.78 is -0.658. The Hall–Kier alpha value is -0.750. The molecule has 0 aliphatic carbocycles. The average Bonchev–Trinajstić information content (AvgIpc) is 2.27. The quantitative estimate of drug-likeness (QED) is 0.708. The number of aliphatic carboxylic acids is 1. The Morgan fingerprint density at radius 3 is 2.18 bits per heavy atom. The van der Waals surface area contributed by atoms with Gasteiger partial charge in [0, 0.05) is 17.8 Å². The molecule has 0 bridgehead atoms. The van der Waals surface area contributed by atoms with E-state index in [9.17, 15) is 9.59 Å². The van der Waals surface area contributed by atoms with Crippen LogP contribution in [0.4, 0.5) is 0 Å². The number of amides is 1. The Morgan fingerprint density at radius 1 is 1.35 bits per heavy atom. The molecule has 0 aliphatic heterocycles. The molecule has 1 amide bonds. The summed E-state index contributed by atoms with van der Waals surface area (Å²) in [5.74, 6) is -0.765. The minimum Gasteiger partial charge on any atom is -0.480 e. The summed E-state index contributed by atoms with van der Waals surface area (Å²) >= 11 is 1.29. The molecule has 17 heavy (non-hydrogen) atoms. The zero-order valence-electron chi connectivity index (χ0n) is 10.9. The molecule has 5 nitrogen and oxygen atoms in total. The highest BCUT2D eigenvalue weighted by atomic mass is 32.2. The highest BCUT2D eigenvalue weighted by Gasteiger charge is 2.33. The number of hydrogen-bond acceptors (Lipinski definition) is 4. The summed E-state index contributed by atoms with van der Waals surface area (Å²) in [5, 5.41) is 8.85. The minimum absolute atomic E-state index is 0.0191. The predicted molar refractivity (Wildman–Crippen MR) is 70.1 cm³/mol. The molecular weight excluding hydrogens is 240 g/mol. The van der Waals surface area contributed by atoms with E-state index in [0.717, 1.165) is 0 Å². The van der Waals surface area contributed by atoms with Crippen LogP contribution in [0.25, 0.3) is 0 Å². The molecule has 0 unspecified atom stereocenters. The van der Waals surface area contributed by atoms with E-state index in [1.165, 1.54) is 11.8 Å². The van der Waals surface area contributed by atoms with E-state index in [0.29, 0.717) is 13.1 Å². The molecule has 0 saturated heterocycles. The first-order chi connectivity index (χ1) is 7.76. The first-order valence-corrected chi connectivity index (χ1v) is 6.64. The van der Waals surface area contributed by atoms with Gasteiger partial charge in [0.15, 0.2) is 0 Å². The molecule has 0 aromatic heterocycles. The molecule has 0 spiro atoms. The number of nitrogens with two attached hydrogens (primary N) is 1. The lowest BCUT2D eigenvalue weighted by molar-refractivity contribution is -0.139. The van der Waals surface area contributed by atoms with E-state index in [-0.39, 0.29) is 11.7 Å². The van der Waals surface area contributed by atoms with E-state index in [4.69, 9.17) is 10.8 Å². The first kappa shape index (κ1) is 16.2. The fourth-order valence-electron chi connectivity index (χ4n) is 1.30. The lowest BCUT2D eigenvalue weighted by Crippen LogP contribution is -2.47. The van der Waals surface area contributed by atoms with Crippen molar-refractivity contribution in [1.82, 2.24) is 4.90 Å². The zero-order chi connectivity index (χ0) is 13.6. The van der Waals surface area contributed by atoms with Gasteiger partial charge in [0.1, 0.15) is 6.04 Å². The number of thioether (sulfide) groups is 1. The molecule has 100 valence electrons. The van der Waals surface area contributed by atoms with Crippen molar-refractivity contribution in [3.8, 4) is 0 Å².